The Bertz CT molecular complexity index is 610. The third-order valence-electron chi connectivity index (χ3n) is 7.46. The second kappa shape index (κ2) is 4.24. The molecule has 21 heavy (non-hydrogen) atoms. The molecule has 0 aliphatic heterocycles. The van der Waals surface area contributed by atoms with Crippen LogP contribution in [0.4, 0.5) is 0 Å². The first-order valence-corrected chi connectivity index (χ1v) is 8.73. The van der Waals surface area contributed by atoms with Gasteiger partial charge in [-0.3, -0.25) is 0 Å². The fourth-order valence-electron chi connectivity index (χ4n) is 6.15. The first kappa shape index (κ1) is 13.6. The van der Waals surface area contributed by atoms with Crippen LogP contribution in [0, 0.1) is 23.7 Å². The van der Waals surface area contributed by atoms with E-state index in [9.17, 15) is 0 Å². The summed E-state index contributed by atoms with van der Waals surface area (Å²) in [7, 11) is 0. The number of allylic oxidation sites excluding steroid dienone is 1. The molecule has 0 spiro atoms. The van der Waals surface area contributed by atoms with Gasteiger partial charge in [0.2, 0.25) is 0 Å². The van der Waals surface area contributed by atoms with E-state index in [0.717, 1.165) is 11.8 Å². The van der Waals surface area contributed by atoms with Crippen molar-refractivity contribution in [1.29, 1.82) is 0 Å². The molecule has 112 valence electrons. The maximum absolute atomic E-state index is 4.43. The second-order valence-corrected chi connectivity index (χ2v) is 8.41. The lowest BCUT2D eigenvalue weighted by atomic mass is 9.48. The van der Waals surface area contributed by atoms with Crippen LogP contribution in [-0.2, 0) is 6.42 Å². The van der Waals surface area contributed by atoms with Crippen LogP contribution < -0.4 is 0 Å². The zero-order valence-corrected chi connectivity index (χ0v) is 13.8. The third-order valence-corrected chi connectivity index (χ3v) is 7.46. The van der Waals surface area contributed by atoms with E-state index < -0.39 is 0 Å². The summed E-state index contributed by atoms with van der Waals surface area (Å²) >= 11 is 0. The van der Waals surface area contributed by atoms with Crippen molar-refractivity contribution in [2.24, 2.45) is 16.7 Å². The molecule has 3 aliphatic carbocycles. The van der Waals surface area contributed by atoms with Gasteiger partial charge in [0.25, 0.3) is 0 Å². The van der Waals surface area contributed by atoms with Gasteiger partial charge in [-0.05, 0) is 79.2 Å². The van der Waals surface area contributed by atoms with Gasteiger partial charge in [-0.25, -0.2) is 0 Å². The van der Waals surface area contributed by atoms with Crippen LogP contribution in [-0.4, -0.2) is 0 Å². The first-order valence-electron chi connectivity index (χ1n) is 8.73. The maximum atomic E-state index is 4.43. The standard InChI is InChI=1S/C21H28/c1-14-5-7-17-16(13-14)9-11-21(4)18(17)10-12-20(3)15(2)6-8-19(20)21/h5,7,13,18-19H,2,6,8-12H2,1,3-4H3. The van der Waals surface area contributed by atoms with E-state index >= 15 is 0 Å². The molecule has 1 aromatic rings. The van der Waals surface area contributed by atoms with Crippen LogP contribution >= 0.6 is 0 Å². The molecule has 2 saturated carbocycles. The topological polar surface area (TPSA) is 0 Å². The molecule has 0 heterocycles. The van der Waals surface area contributed by atoms with Crippen molar-refractivity contribution in [3.05, 3.63) is 47.0 Å². The van der Waals surface area contributed by atoms with E-state index in [4.69, 9.17) is 0 Å². The zero-order chi connectivity index (χ0) is 14.8. The molecule has 1 aromatic carbocycles. The predicted octanol–water partition coefficient (Wildman–Crippen LogP) is 5.80. The quantitative estimate of drug-likeness (QED) is 0.527. The van der Waals surface area contributed by atoms with Gasteiger partial charge in [-0.15, -0.1) is 0 Å². The Morgan fingerprint density at radius 3 is 2.71 bits per heavy atom. The summed E-state index contributed by atoms with van der Waals surface area (Å²) in [6.07, 6.45) is 8.02. The smallest absolute Gasteiger partial charge is 0.00851 e. The Morgan fingerprint density at radius 1 is 1.10 bits per heavy atom. The van der Waals surface area contributed by atoms with E-state index in [2.05, 4.69) is 45.5 Å². The minimum absolute atomic E-state index is 0.424. The van der Waals surface area contributed by atoms with Crippen molar-refractivity contribution in [2.75, 3.05) is 0 Å². The van der Waals surface area contributed by atoms with Gasteiger partial charge in [-0.1, -0.05) is 49.8 Å². The summed E-state index contributed by atoms with van der Waals surface area (Å²) in [5.74, 6) is 1.64. The minimum Gasteiger partial charge on any atom is -0.0993 e. The Kier molecular flexibility index (Phi) is 2.75. The van der Waals surface area contributed by atoms with Gasteiger partial charge >= 0.3 is 0 Å². The predicted molar refractivity (Wildman–Crippen MR) is 89.6 cm³/mol. The SMILES string of the molecule is C=C1CCC2C1(C)CCC1c3ccc(C)cc3CCC12C. The minimum atomic E-state index is 0.424. The highest BCUT2D eigenvalue weighted by molar-refractivity contribution is 5.40. The molecule has 0 amide bonds. The van der Waals surface area contributed by atoms with Crippen molar-refractivity contribution < 1.29 is 0 Å². The van der Waals surface area contributed by atoms with Gasteiger partial charge in [-0.2, -0.15) is 0 Å². The zero-order valence-electron chi connectivity index (χ0n) is 13.8. The number of rotatable bonds is 0. The van der Waals surface area contributed by atoms with Crippen LogP contribution in [0.25, 0.3) is 0 Å². The van der Waals surface area contributed by atoms with Crippen molar-refractivity contribution in [1.82, 2.24) is 0 Å². The van der Waals surface area contributed by atoms with Crippen LogP contribution in [0.3, 0.4) is 0 Å². The molecule has 0 aromatic heterocycles. The summed E-state index contributed by atoms with van der Waals surface area (Å²) in [5.41, 5.74) is 7.20. The molecule has 4 atom stereocenters. The third kappa shape index (κ3) is 1.68. The lowest BCUT2D eigenvalue weighted by Gasteiger charge is -2.56. The monoisotopic (exact) mass is 280 g/mol. The van der Waals surface area contributed by atoms with Crippen molar-refractivity contribution >= 4 is 0 Å². The summed E-state index contributed by atoms with van der Waals surface area (Å²) < 4.78 is 0. The van der Waals surface area contributed by atoms with E-state index in [1.165, 1.54) is 44.1 Å². The Balaban J connectivity index is 1.80. The summed E-state index contributed by atoms with van der Waals surface area (Å²) in [6.45, 7) is 11.8. The molecule has 4 unspecified atom stereocenters. The summed E-state index contributed by atoms with van der Waals surface area (Å²) in [5, 5.41) is 0. The Hall–Kier alpha value is -1.04. The largest absolute Gasteiger partial charge is 0.0993 e. The van der Waals surface area contributed by atoms with Crippen molar-refractivity contribution in [3.63, 3.8) is 0 Å². The fourth-order valence-corrected chi connectivity index (χ4v) is 6.15. The van der Waals surface area contributed by atoms with Crippen LogP contribution in [0.2, 0.25) is 0 Å². The van der Waals surface area contributed by atoms with Gasteiger partial charge in [0.15, 0.2) is 0 Å². The van der Waals surface area contributed by atoms with Crippen LogP contribution in [0.1, 0.15) is 68.6 Å². The molecule has 0 nitrogen and oxygen atoms in total. The summed E-state index contributed by atoms with van der Waals surface area (Å²) in [6, 6.07) is 7.21. The maximum Gasteiger partial charge on any atom is -0.00851 e. The number of benzene rings is 1. The van der Waals surface area contributed by atoms with Gasteiger partial charge in [0.1, 0.15) is 0 Å². The molecule has 0 saturated heterocycles. The molecule has 0 radical (unpaired) electrons. The molecular formula is C21H28. The van der Waals surface area contributed by atoms with E-state index in [0.29, 0.717) is 10.8 Å². The molecule has 3 aliphatic rings. The van der Waals surface area contributed by atoms with Crippen LogP contribution in [0.5, 0.6) is 0 Å². The Morgan fingerprint density at radius 2 is 1.90 bits per heavy atom. The van der Waals surface area contributed by atoms with Crippen molar-refractivity contribution in [2.45, 2.75) is 65.2 Å². The van der Waals surface area contributed by atoms with Gasteiger partial charge in [0.05, 0.1) is 0 Å². The summed E-state index contributed by atoms with van der Waals surface area (Å²) in [4.78, 5) is 0. The van der Waals surface area contributed by atoms with Gasteiger partial charge in [0, 0.05) is 0 Å². The lowest BCUT2D eigenvalue weighted by Crippen LogP contribution is -2.47. The average Bonchev–Trinajstić information content (AvgIpc) is 2.75. The number of hydrogen-bond donors (Lipinski definition) is 0. The van der Waals surface area contributed by atoms with E-state index in [-0.39, 0.29) is 0 Å². The van der Waals surface area contributed by atoms with Crippen LogP contribution in [0.15, 0.2) is 30.4 Å². The number of aryl methyl sites for hydroxylation is 2. The second-order valence-electron chi connectivity index (χ2n) is 8.41. The normalized spacial score (nSPS) is 41.4. The average molecular weight is 280 g/mol. The molecular weight excluding hydrogens is 252 g/mol. The highest BCUT2D eigenvalue weighted by Gasteiger charge is 2.57. The van der Waals surface area contributed by atoms with E-state index in [1.54, 1.807) is 16.7 Å². The molecule has 0 N–H and O–H groups in total. The number of hydrogen-bond acceptors (Lipinski definition) is 0. The molecule has 2 fully saturated rings. The molecule has 4 rings (SSSR count). The van der Waals surface area contributed by atoms with Gasteiger partial charge < -0.3 is 0 Å². The first-order chi connectivity index (χ1) is 9.95. The van der Waals surface area contributed by atoms with E-state index in [1.807, 2.05) is 0 Å². The number of fused-ring (bicyclic) bond motifs is 5. The highest BCUT2D eigenvalue weighted by atomic mass is 14.6. The van der Waals surface area contributed by atoms with Crippen molar-refractivity contribution in [3.8, 4) is 0 Å². The highest BCUT2D eigenvalue weighted by Crippen LogP contribution is 2.67. The molecule has 0 bridgehead atoms. The lowest BCUT2D eigenvalue weighted by molar-refractivity contribution is -0.00321. The Labute approximate surface area is 129 Å². The fraction of sp³-hybridized carbons (Fsp3) is 0.619. The molecule has 0 heteroatoms.